The van der Waals surface area contributed by atoms with Crippen LogP contribution in [0.25, 0.3) is 53.8 Å². The normalized spacial score (nSPS) is 11.1. The molecule has 3 heterocycles. The van der Waals surface area contributed by atoms with Crippen LogP contribution in [0.1, 0.15) is 5.56 Å². The smallest absolute Gasteiger partial charge is 0.0245 e. The van der Waals surface area contributed by atoms with Crippen LogP contribution in [0.15, 0.2) is 122 Å². The van der Waals surface area contributed by atoms with E-state index < -0.39 is 13.3 Å². The van der Waals surface area contributed by atoms with Gasteiger partial charge in [0.25, 0.3) is 0 Å². The molecule has 0 saturated heterocycles. The second-order valence-electron chi connectivity index (χ2n) is 11.4. The summed E-state index contributed by atoms with van der Waals surface area (Å²) in [6.45, 7) is 2.19. The Kier molecular flexibility index (Phi) is 9.73. The van der Waals surface area contributed by atoms with E-state index >= 15 is 0 Å². The third-order valence-corrected chi connectivity index (χ3v) is 13.0. The molecule has 3 aromatic heterocycles. The molecule has 43 heavy (non-hydrogen) atoms. The molecule has 1 radical (unpaired) electrons. The van der Waals surface area contributed by atoms with Crippen LogP contribution in [0.3, 0.4) is 0 Å². The van der Waals surface area contributed by atoms with Crippen LogP contribution in [0.5, 0.6) is 0 Å². The molecule has 0 aliphatic carbocycles. The van der Waals surface area contributed by atoms with E-state index in [0.717, 1.165) is 22.5 Å². The largest absolute Gasteiger partial charge is 0.305 e. The Labute approximate surface area is 274 Å². The average molecular weight is 814 g/mol. The van der Waals surface area contributed by atoms with Crippen LogP contribution in [0, 0.1) is 19.1 Å². The Balaban J connectivity index is 0.000000180. The number of aryl methyl sites for hydroxylation is 1. The number of hydrogen-bond donors (Lipinski definition) is 0. The van der Waals surface area contributed by atoms with Crippen LogP contribution >= 0.6 is 11.3 Å². The van der Waals surface area contributed by atoms with E-state index in [1.54, 1.807) is 0 Å². The molecule has 4 aromatic carbocycles. The Hall–Kier alpha value is -3.41. The van der Waals surface area contributed by atoms with Crippen LogP contribution in [-0.2, 0) is 20.1 Å². The molecular formula is C38H32GeIrN2S-2. The van der Waals surface area contributed by atoms with Gasteiger partial charge < -0.3 is 4.98 Å². The Morgan fingerprint density at radius 3 is 2.16 bits per heavy atom. The minimum atomic E-state index is -1.77. The van der Waals surface area contributed by atoms with E-state index in [0.29, 0.717) is 0 Å². The topological polar surface area (TPSA) is 25.8 Å². The zero-order chi connectivity index (χ0) is 29.1. The molecule has 2 nitrogen and oxygen atoms in total. The molecule has 0 atom stereocenters. The summed E-state index contributed by atoms with van der Waals surface area (Å²) in [4.78, 5) is 9.10. The van der Waals surface area contributed by atoms with Crippen molar-refractivity contribution in [2.45, 2.75) is 24.2 Å². The zero-order valence-electron chi connectivity index (χ0n) is 24.7. The summed E-state index contributed by atoms with van der Waals surface area (Å²) in [7, 11) is 0. The van der Waals surface area contributed by atoms with Gasteiger partial charge in [-0.05, 0) is 39.0 Å². The molecule has 0 N–H and O–H groups in total. The van der Waals surface area contributed by atoms with E-state index in [1.807, 2.05) is 60.0 Å². The second-order valence-corrected chi connectivity index (χ2v) is 23.0. The van der Waals surface area contributed by atoms with Crippen molar-refractivity contribution in [1.82, 2.24) is 9.97 Å². The number of nitrogens with zero attached hydrogens (tertiary/aromatic N) is 2. The summed E-state index contributed by atoms with van der Waals surface area (Å²) < 4.78 is 4.04. The molecule has 5 heteroatoms. The summed E-state index contributed by atoms with van der Waals surface area (Å²) in [5, 5.41) is 2.57. The SMILES string of the molecule is Cc1cc(-c2[c-]cccc2)nc[c]1[Ge]([CH3])([CH3])[CH3].[Ir].[c-]1ccc2c(sc3cc(-c4ccccc4)ccc32)c1-c1ccccn1. The first kappa shape index (κ1) is 31.0. The Morgan fingerprint density at radius 2 is 1.47 bits per heavy atom. The van der Waals surface area contributed by atoms with Gasteiger partial charge in [0.05, 0.1) is 0 Å². The van der Waals surface area contributed by atoms with Crippen LogP contribution in [0.4, 0.5) is 0 Å². The Bertz CT molecular complexity index is 1970. The van der Waals surface area contributed by atoms with Crippen molar-refractivity contribution in [3.05, 3.63) is 139 Å². The third-order valence-electron chi connectivity index (χ3n) is 7.37. The van der Waals surface area contributed by atoms with Crippen LogP contribution in [0.2, 0.25) is 17.3 Å². The molecule has 0 spiro atoms. The molecule has 215 valence electrons. The number of pyridine rings is 2. The fourth-order valence-corrected chi connectivity index (χ4v) is 10.1. The van der Waals surface area contributed by atoms with Crippen molar-refractivity contribution in [1.29, 1.82) is 0 Å². The van der Waals surface area contributed by atoms with E-state index in [2.05, 4.69) is 119 Å². The molecule has 0 fully saturated rings. The third kappa shape index (κ3) is 6.89. The first-order valence-electron chi connectivity index (χ1n) is 14.2. The molecule has 0 amide bonds. The second kappa shape index (κ2) is 13.5. The molecule has 0 aliphatic heterocycles. The van der Waals surface area contributed by atoms with Crippen LogP contribution < -0.4 is 4.40 Å². The number of aromatic nitrogens is 2. The maximum absolute atomic E-state index is 4.59. The molecule has 0 saturated carbocycles. The van der Waals surface area contributed by atoms with Crippen LogP contribution in [-0.4, -0.2) is 23.2 Å². The van der Waals surface area contributed by atoms with Crippen molar-refractivity contribution in [3.63, 3.8) is 0 Å². The predicted molar refractivity (Wildman–Crippen MR) is 183 cm³/mol. The van der Waals surface area contributed by atoms with Gasteiger partial charge in [-0.15, -0.1) is 23.8 Å². The van der Waals surface area contributed by atoms with Crippen molar-refractivity contribution < 1.29 is 20.1 Å². The van der Waals surface area contributed by atoms with Gasteiger partial charge in [0.2, 0.25) is 0 Å². The summed E-state index contributed by atoms with van der Waals surface area (Å²) >= 11 is 0.0481. The van der Waals surface area contributed by atoms with Gasteiger partial charge >= 0.3 is 106 Å². The number of benzene rings is 4. The fourth-order valence-electron chi connectivity index (χ4n) is 5.29. The summed E-state index contributed by atoms with van der Waals surface area (Å²) in [6.07, 6.45) is 3.91. The van der Waals surface area contributed by atoms with Gasteiger partial charge in [-0.2, -0.15) is 11.3 Å². The number of hydrogen-bond acceptors (Lipinski definition) is 3. The van der Waals surface area contributed by atoms with Gasteiger partial charge in [0, 0.05) is 31.0 Å². The summed E-state index contributed by atoms with van der Waals surface area (Å²) in [6, 6.07) is 44.2. The van der Waals surface area contributed by atoms with Crippen molar-refractivity contribution in [3.8, 4) is 33.6 Å². The standard InChI is InChI=1S/C23H14NS.C15H18GeN.Ir/c1-2-7-16(8-3-1)17-12-13-18-19-9-6-10-20(21-11-4-5-14-24-21)23(19)25-22(18)15-17;1-12-10-15(13-8-6-5-7-9-13)17-11-14(12)16(2,3)4;/h1-9,11-15H;5-8,10-11H,1-4H3;/q2*-1;. The fraction of sp³-hybridized carbons (Fsp3) is 0.105. The minimum absolute atomic E-state index is 0. The molecule has 0 bridgehead atoms. The first-order valence-corrected chi connectivity index (χ1v) is 22.3. The van der Waals surface area contributed by atoms with E-state index in [-0.39, 0.29) is 20.1 Å². The number of thiophene rings is 1. The molecule has 0 aliphatic rings. The van der Waals surface area contributed by atoms with E-state index in [4.69, 9.17) is 0 Å². The van der Waals surface area contributed by atoms with E-state index in [9.17, 15) is 0 Å². The van der Waals surface area contributed by atoms with Crippen molar-refractivity contribution >= 4 is 49.2 Å². The number of fused-ring (bicyclic) bond motifs is 3. The van der Waals surface area contributed by atoms with Gasteiger partial charge in [-0.3, -0.25) is 0 Å². The van der Waals surface area contributed by atoms with Gasteiger partial charge in [0.1, 0.15) is 0 Å². The van der Waals surface area contributed by atoms with E-state index in [1.165, 1.54) is 41.3 Å². The minimum Gasteiger partial charge on any atom is -0.305 e. The van der Waals surface area contributed by atoms with Crippen molar-refractivity contribution in [2.24, 2.45) is 0 Å². The number of rotatable bonds is 4. The molecular weight excluding hydrogens is 781 g/mol. The molecule has 0 unspecified atom stereocenters. The quantitative estimate of drug-likeness (QED) is 0.131. The van der Waals surface area contributed by atoms with Crippen molar-refractivity contribution in [2.75, 3.05) is 0 Å². The van der Waals surface area contributed by atoms with Gasteiger partial charge in [-0.25, -0.2) is 0 Å². The maximum atomic E-state index is 4.59. The molecule has 7 rings (SSSR count). The molecule has 7 aromatic rings. The Morgan fingerprint density at radius 1 is 0.674 bits per heavy atom. The predicted octanol–water partition coefficient (Wildman–Crippen LogP) is 9.98. The summed E-state index contributed by atoms with van der Waals surface area (Å²) in [5.41, 5.74) is 8.03. The summed E-state index contributed by atoms with van der Waals surface area (Å²) in [5.74, 6) is 7.20. The zero-order valence-corrected chi connectivity index (χ0v) is 30.0. The monoisotopic (exact) mass is 815 g/mol. The first-order chi connectivity index (χ1) is 20.4. The van der Waals surface area contributed by atoms with Gasteiger partial charge in [-0.1, -0.05) is 60.0 Å². The maximum Gasteiger partial charge on any atom is 0.0245 e. The average Bonchev–Trinajstić information content (AvgIpc) is 3.40. The van der Waals surface area contributed by atoms with Gasteiger partial charge in [0.15, 0.2) is 0 Å².